The van der Waals surface area contributed by atoms with Crippen LogP contribution in [0.1, 0.15) is 70.9 Å². The van der Waals surface area contributed by atoms with Crippen molar-refractivity contribution in [2.24, 2.45) is 0 Å². The van der Waals surface area contributed by atoms with E-state index in [2.05, 4.69) is 195 Å². The van der Waals surface area contributed by atoms with E-state index in [0.717, 1.165) is 61.6 Å². The lowest BCUT2D eigenvalue weighted by atomic mass is 9.59. The SMILES string of the molecule is Cc1cccc2c1nc1n(-c3cc(C(C)(C)C)ccn3)c3cc4c(cc3n21)c1ccccc1n4-c1ccc2c(c1)-n1ncc(-c3ccccc3)c1C(C)(C)C2(C)C. The maximum absolute atomic E-state index is 5.33. The molecule has 280 valence electrons. The van der Waals surface area contributed by atoms with Gasteiger partial charge >= 0.3 is 0 Å². The topological polar surface area (TPSA) is 57.9 Å². The third kappa shape index (κ3) is 4.51. The summed E-state index contributed by atoms with van der Waals surface area (Å²) in [5.41, 5.74) is 15.6. The number of benzene rings is 5. The minimum atomic E-state index is -0.189. The number of hydrogen-bond donors (Lipinski definition) is 0. The molecule has 0 N–H and O–H groups in total. The van der Waals surface area contributed by atoms with E-state index < -0.39 is 0 Å². The van der Waals surface area contributed by atoms with Gasteiger partial charge in [0.1, 0.15) is 5.82 Å². The third-order valence-corrected chi connectivity index (χ3v) is 13.3. The van der Waals surface area contributed by atoms with Gasteiger partial charge in [0.2, 0.25) is 5.78 Å². The van der Waals surface area contributed by atoms with E-state index in [9.17, 15) is 0 Å². The fraction of sp³-hybridized carbons (Fsp3) is 0.220. The zero-order valence-corrected chi connectivity index (χ0v) is 33.8. The molecule has 0 bridgehead atoms. The molecule has 5 aromatic heterocycles. The van der Waals surface area contributed by atoms with Crippen LogP contribution in [0.3, 0.4) is 0 Å². The third-order valence-electron chi connectivity index (χ3n) is 13.3. The van der Waals surface area contributed by atoms with Crippen molar-refractivity contribution in [3.05, 3.63) is 150 Å². The summed E-state index contributed by atoms with van der Waals surface area (Å²) in [7, 11) is 0. The molecule has 1 aliphatic rings. The second-order valence-corrected chi connectivity index (χ2v) is 18.0. The Balaban J connectivity index is 1.22. The van der Waals surface area contributed by atoms with Crippen molar-refractivity contribution < 1.29 is 0 Å². The van der Waals surface area contributed by atoms with Gasteiger partial charge in [-0.05, 0) is 83.1 Å². The van der Waals surface area contributed by atoms with Crippen molar-refractivity contribution in [1.29, 1.82) is 0 Å². The Bertz CT molecular complexity index is 3280. The van der Waals surface area contributed by atoms with Crippen LogP contribution in [-0.2, 0) is 16.2 Å². The van der Waals surface area contributed by atoms with E-state index in [1.165, 1.54) is 38.7 Å². The Labute approximate surface area is 331 Å². The number of aromatic nitrogens is 7. The molecule has 0 atom stereocenters. The number of rotatable bonds is 3. The van der Waals surface area contributed by atoms with Gasteiger partial charge in [-0.25, -0.2) is 14.6 Å². The molecule has 57 heavy (non-hydrogen) atoms. The first-order chi connectivity index (χ1) is 27.3. The molecule has 1 aliphatic heterocycles. The Morgan fingerprint density at radius 3 is 2.21 bits per heavy atom. The normalized spacial score (nSPS) is 14.9. The maximum atomic E-state index is 5.33. The summed E-state index contributed by atoms with van der Waals surface area (Å²) >= 11 is 0. The molecule has 0 aliphatic carbocycles. The minimum Gasteiger partial charge on any atom is -0.309 e. The van der Waals surface area contributed by atoms with Crippen LogP contribution >= 0.6 is 0 Å². The minimum absolute atomic E-state index is 0.0418. The van der Waals surface area contributed by atoms with E-state index in [0.29, 0.717) is 0 Å². The number of para-hydroxylation sites is 2. The molecular formula is C50H45N7. The van der Waals surface area contributed by atoms with Crippen molar-refractivity contribution in [1.82, 2.24) is 33.3 Å². The number of nitrogens with zero attached hydrogens (tertiary/aromatic N) is 7. The second-order valence-electron chi connectivity index (χ2n) is 18.0. The molecule has 7 heteroatoms. The quantitative estimate of drug-likeness (QED) is 0.181. The van der Waals surface area contributed by atoms with Crippen molar-refractivity contribution in [2.45, 2.75) is 71.6 Å². The highest BCUT2D eigenvalue weighted by molar-refractivity contribution is 6.14. The lowest BCUT2D eigenvalue weighted by molar-refractivity contribution is 0.276. The molecule has 6 heterocycles. The Morgan fingerprint density at radius 2 is 1.40 bits per heavy atom. The molecule has 0 saturated heterocycles. The van der Waals surface area contributed by atoms with E-state index in [-0.39, 0.29) is 16.2 Å². The smallest absolute Gasteiger partial charge is 0.221 e. The highest BCUT2D eigenvalue weighted by Crippen LogP contribution is 2.53. The highest BCUT2D eigenvalue weighted by Gasteiger charge is 2.48. The van der Waals surface area contributed by atoms with E-state index in [1.54, 1.807) is 0 Å². The second kappa shape index (κ2) is 11.3. The van der Waals surface area contributed by atoms with Gasteiger partial charge in [0.15, 0.2) is 0 Å². The van der Waals surface area contributed by atoms with Crippen molar-refractivity contribution in [3.8, 4) is 28.3 Å². The first-order valence-electron chi connectivity index (χ1n) is 20.0. The van der Waals surface area contributed by atoms with Gasteiger partial charge in [0.25, 0.3) is 0 Å². The highest BCUT2D eigenvalue weighted by atomic mass is 15.3. The van der Waals surface area contributed by atoms with Crippen LogP contribution in [0, 0.1) is 6.92 Å². The lowest BCUT2D eigenvalue weighted by Crippen LogP contribution is -2.46. The molecular weight excluding hydrogens is 699 g/mol. The summed E-state index contributed by atoms with van der Waals surface area (Å²) in [6, 6.07) is 42.0. The average Bonchev–Trinajstić information content (AvgIpc) is 3.96. The van der Waals surface area contributed by atoms with Gasteiger partial charge in [0.05, 0.1) is 50.7 Å². The molecule has 5 aromatic carbocycles. The fourth-order valence-electron chi connectivity index (χ4n) is 9.54. The van der Waals surface area contributed by atoms with Crippen LogP contribution in [-0.4, -0.2) is 33.3 Å². The van der Waals surface area contributed by atoms with Gasteiger partial charge < -0.3 is 4.57 Å². The predicted octanol–water partition coefficient (Wildman–Crippen LogP) is 12.0. The van der Waals surface area contributed by atoms with Gasteiger partial charge in [-0.2, -0.15) is 5.10 Å². The molecule has 0 radical (unpaired) electrons. The fourth-order valence-corrected chi connectivity index (χ4v) is 9.54. The van der Waals surface area contributed by atoms with Crippen molar-refractivity contribution >= 4 is 49.7 Å². The number of imidazole rings is 2. The summed E-state index contributed by atoms with van der Waals surface area (Å²) < 4.78 is 9.21. The van der Waals surface area contributed by atoms with Crippen molar-refractivity contribution in [3.63, 3.8) is 0 Å². The van der Waals surface area contributed by atoms with E-state index >= 15 is 0 Å². The van der Waals surface area contributed by atoms with Crippen molar-refractivity contribution in [2.75, 3.05) is 0 Å². The maximum Gasteiger partial charge on any atom is 0.221 e. The number of hydrogen-bond acceptors (Lipinski definition) is 3. The van der Waals surface area contributed by atoms with E-state index in [1.807, 2.05) is 6.20 Å². The summed E-state index contributed by atoms with van der Waals surface area (Å²) in [6.07, 6.45) is 3.99. The predicted molar refractivity (Wildman–Crippen MR) is 234 cm³/mol. The Hall–Kier alpha value is -6.47. The van der Waals surface area contributed by atoms with Crippen LogP contribution in [0.5, 0.6) is 0 Å². The summed E-state index contributed by atoms with van der Waals surface area (Å²) in [5.74, 6) is 1.71. The number of aryl methyl sites for hydroxylation is 1. The van der Waals surface area contributed by atoms with Gasteiger partial charge in [-0.1, -0.05) is 115 Å². The van der Waals surface area contributed by atoms with Crippen LogP contribution in [0.25, 0.3) is 78.0 Å². The molecule has 11 rings (SSSR count). The first kappa shape index (κ1) is 33.8. The van der Waals surface area contributed by atoms with Gasteiger partial charge in [0, 0.05) is 39.1 Å². The first-order valence-corrected chi connectivity index (χ1v) is 20.0. The summed E-state index contributed by atoms with van der Waals surface area (Å²) in [5, 5.41) is 7.52. The summed E-state index contributed by atoms with van der Waals surface area (Å²) in [4.78, 5) is 10.3. The number of fused-ring (bicyclic) bond motifs is 11. The zero-order chi connectivity index (χ0) is 39.2. The molecule has 7 nitrogen and oxygen atoms in total. The van der Waals surface area contributed by atoms with Gasteiger partial charge in [-0.15, -0.1) is 0 Å². The Kier molecular flexibility index (Phi) is 6.72. The van der Waals surface area contributed by atoms with Gasteiger partial charge in [-0.3, -0.25) is 8.97 Å². The molecule has 0 fully saturated rings. The number of pyridine rings is 1. The van der Waals surface area contributed by atoms with Crippen LogP contribution in [0.2, 0.25) is 0 Å². The lowest BCUT2D eigenvalue weighted by Gasteiger charge is -2.47. The average molecular weight is 744 g/mol. The summed E-state index contributed by atoms with van der Waals surface area (Å²) in [6.45, 7) is 18.4. The van der Waals surface area contributed by atoms with Crippen LogP contribution in [0.4, 0.5) is 0 Å². The molecule has 0 spiro atoms. The van der Waals surface area contributed by atoms with Crippen LogP contribution in [0.15, 0.2) is 128 Å². The van der Waals surface area contributed by atoms with E-state index in [4.69, 9.17) is 15.1 Å². The molecule has 0 saturated carbocycles. The molecule has 10 aromatic rings. The molecule has 0 amide bonds. The Morgan fingerprint density at radius 1 is 0.632 bits per heavy atom. The molecule has 0 unspecified atom stereocenters. The monoisotopic (exact) mass is 743 g/mol. The largest absolute Gasteiger partial charge is 0.309 e. The van der Waals surface area contributed by atoms with Crippen LogP contribution < -0.4 is 0 Å². The zero-order valence-electron chi connectivity index (χ0n) is 33.8. The standard InChI is InChI=1S/C50H45N7/c1-30-15-14-20-39-45(30)53-47-55(39)42-27-35-34-18-12-13-19-38(34)54(40(35)28-43(42)56(47)44-25-32(23-24-51-44)48(2,3)4)33-21-22-37-41(26-33)57-46(50(7,8)49(37,5)6)36(29-52-57)31-16-10-9-11-17-31/h9-29H,1-8H3.